The lowest BCUT2D eigenvalue weighted by atomic mass is 9.98. The molecule has 0 radical (unpaired) electrons. The van der Waals surface area contributed by atoms with Gasteiger partial charge in [-0.1, -0.05) is 115 Å². The highest BCUT2D eigenvalue weighted by atomic mass is 16.6. The highest BCUT2D eigenvalue weighted by Gasteiger charge is 2.30. The van der Waals surface area contributed by atoms with Crippen LogP contribution in [0, 0.1) is 5.92 Å². The first-order valence-corrected chi connectivity index (χ1v) is 20.3. The van der Waals surface area contributed by atoms with Crippen molar-refractivity contribution >= 4 is 46.2 Å². The highest BCUT2D eigenvalue weighted by Crippen LogP contribution is 2.20. The number of carbonyl (C=O) groups excluding carboxylic acids is 5. The first kappa shape index (κ1) is 45.8. The molecule has 13 nitrogen and oxygen atoms in total. The Morgan fingerprint density at radius 3 is 1.94 bits per heavy atom. The van der Waals surface area contributed by atoms with E-state index in [2.05, 4.69) is 34.4 Å². The van der Waals surface area contributed by atoms with Crippen LogP contribution < -0.4 is 26.0 Å². The Kier molecular flexibility index (Phi) is 17.8. The van der Waals surface area contributed by atoms with Gasteiger partial charge in [0.05, 0.1) is 18.6 Å². The van der Waals surface area contributed by atoms with Gasteiger partial charge in [0.15, 0.2) is 0 Å². The van der Waals surface area contributed by atoms with Crippen LogP contribution in [0.3, 0.4) is 0 Å². The second-order valence-electron chi connectivity index (χ2n) is 14.5. The molecule has 0 saturated carbocycles. The number of hydrogen-bond acceptors (Lipinski definition) is 9. The molecule has 5 rings (SSSR count). The lowest BCUT2D eigenvalue weighted by Gasteiger charge is -2.24. The molecule has 0 heterocycles. The van der Waals surface area contributed by atoms with Gasteiger partial charge in [-0.15, -0.1) is 13.2 Å². The summed E-state index contributed by atoms with van der Waals surface area (Å²) in [6, 6.07) is 35.7. The van der Waals surface area contributed by atoms with E-state index >= 15 is 0 Å². The first-order valence-electron chi connectivity index (χ1n) is 20.3. The molecular formula is C49H52N4O9. The van der Waals surface area contributed by atoms with Crippen LogP contribution in [0.15, 0.2) is 153 Å². The number of alkyl carbamates (subject to hydrolysis) is 1. The zero-order chi connectivity index (χ0) is 44.1. The van der Waals surface area contributed by atoms with Crippen molar-refractivity contribution in [3.8, 4) is 5.75 Å². The van der Waals surface area contributed by atoms with Gasteiger partial charge in [-0.25, -0.2) is 9.59 Å². The third kappa shape index (κ3) is 14.8. The smallest absolute Gasteiger partial charge is 0.408 e. The van der Waals surface area contributed by atoms with E-state index in [-0.39, 0.29) is 32.5 Å². The van der Waals surface area contributed by atoms with Gasteiger partial charge >= 0.3 is 12.1 Å². The molecule has 0 fully saturated rings. The highest BCUT2D eigenvalue weighted by molar-refractivity contribution is 6.00. The van der Waals surface area contributed by atoms with E-state index in [1.54, 1.807) is 36.4 Å². The van der Waals surface area contributed by atoms with Crippen LogP contribution in [0.1, 0.15) is 36.0 Å². The molecule has 0 saturated heterocycles. The van der Waals surface area contributed by atoms with Crippen molar-refractivity contribution in [2.45, 2.75) is 57.0 Å². The van der Waals surface area contributed by atoms with Crippen LogP contribution in [0.25, 0.3) is 10.8 Å². The molecule has 4 atom stereocenters. The molecule has 0 spiro atoms. The maximum absolute atomic E-state index is 13.8. The predicted molar refractivity (Wildman–Crippen MR) is 237 cm³/mol. The fourth-order valence-corrected chi connectivity index (χ4v) is 6.43. The van der Waals surface area contributed by atoms with Gasteiger partial charge in [-0.05, 0) is 71.0 Å². The Morgan fingerprint density at radius 2 is 1.27 bits per heavy atom. The van der Waals surface area contributed by atoms with E-state index in [9.17, 15) is 29.1 Å². The van der Waals surface area contributed by atoms with Crippen molar-refractivity contribution in [2.24, 2.45) is 5.92 Å². The van der Waals surface area contributed by atoms with E-state index in [0.29, 0.717) is 24.5 Å². The molecule has 0 aliphatic carbocycles. The fourth-order valence-electron chi connectivity index (χ4n) is 6.43. The van der Waals surface area contributed by atoms with Gasteiger partial charge in [0, 0.05) is 12.1 Å². The number of amides is 4. The van der Waals surface area contributed by atoms with Gasteiger partial charge in [0.25, 0.3) is 5.91 Å². The lowest BCUT2D eigenvalue weighted by molar-refractivity contribution is -0.148. The fraction of sp³-hybridized carbons (Fsp3) is 0.245. The molecule has 5 aromatic carbocycles. The van der Waals surface area contributed by atoms with Crippen molar-refractivity contribution in [2.75, 3.05) is 18.5 Å². The third-order valence-corrected chi connectivity index (χ3v) is 9.73. The van der Waals surface area contributed by atoms with Crippen LogP contribution in [0.5, 0.6) is 5.75 Å². The molecule has 4 amide bonds. The number of aliphatic hydroxyl groups is 1. The standard InChI is InChI=1S/C49H52N4O9/c1-3-13-39(29-45(55)50-41(30-54)27-34-21-25-42(26-22-34)60-31-35-15-7-5-8-16-35)46(56)52-44(47(57)51-40-24-23-37-19-11-12-20-38(37)28-40)33-61-48(58)43(14-4-2)53-49(59)62-32-36-17-9-6-10-18-36/h3-12,15-26,28,39,41,43-44,54H,1-2,13-14,27,29-33H2,(H,50,55)(H,51,57)(H,52,56)(H,53,59). The van der Waals surface area contributed by atoms with Crippen LogP contribution in [-0.4, -0.2) is 66.2 Å². The summed E-state index contributed by atoms with van der Waals surface area (Å²) < 4.78 is 16.7. The molecule has 62 heavy (non-hydrogen) atoms. The minimum atomic E-state index is -1.42. The summed E-state index contributed by atoms with van der Waals surface area (Å²) in [5.41, 5.74) is 3.06. The molecule has 322 valence electrons. The molecular weight excluding hydrogens is 789 g/mol. The summed E-state index contributed by atoms with van der Waals surface area (Å²) in [6.07, 6.45) is 2.11. The Bertz CT molecular complexity index is 2270. The average molecular weight is 841 g/mol. The number of ether oxygens (including phenoxy) is 3. The summed E-state index contributed by atoms with van der Waals surface area (Å²) in [5.74, 6) is -3.08. The molecule has 5 N–H and O–H groups in total. The van der Waals surface area contributed by atoms with E-state index in [4.69, 9.17) is 14.2 Å². The average Bonchev–Trinajstić information content (AvgIpc) is 3.29. The number of allylic oxidation sites excluding steroid dienone is 1. The van der Waals surface area contributed by atoms with Crippen LogP contribution in [0.4, 0.5) is 10.5 Å². The molecule has 0 aliphatic rings. The normalized spacial score (nSPS) is 12.7. The largest absolute Gasteiger partial charge is 0.489 e. The van der Waals surface area contributed by atoms with Crippen LogP contribution >= 0.6 is 0 Å². The molecule has 0 bridgehead atoms. The number of esters is 1. The molecule has 0 aliphatic heterocycles. The number of carbonyl (C=O) groups is 5. The van der Waals surface area contributed by atoms with E-state index in [1.165, 1.54) is 12.2 Å². The number of nitrogens with one attached hydrogen (secondary N) is 4. The number of rotatable bonds is 23. The summed E-state index contributed by atoms with van der Waals surface area (Å²) in [7, 11) is 0. The van der Waals surface area contributed by atoms with Gasteiger partial charge in [0.1, 0.15) is 37.7 Å². The maximum atomic E-state index is 13.8. The predicted octanol–water partition coefficient (Wildman–Crippen LogP) is 6.56. The van der Waals surface area contributed by atoms with Gasteiger partial charge in [-0.3, -0.25) is 14.4 Å². The Balaban J connectivity index is 1.21. The van der Waals surface area contributed by atoms with E-state index in [1.807, 2.05) is 91.0 Å². The Labute approximate surface area is 361 Å². The maximum Gasteiger partial charge on any atom is 0.408 e. The molecule has 13 heteroatoms. The van der Waals surface area contributed by atoms with Crippen LogP contribution in [-0.2, 0) is 48.3 Å². The lowest BCUT2D eigenvalue weighted by Crippen LogP contribution is -2.51. The summed E-state index contributed by atoms with van der Waals surface area (Å²) >= 11 is 0. The Morgan fingerprint density at radius 1 is 0.629 bits per heavy atom. The summed E-state index contributed by atoms with van der Waals surface area (Å²) in [5, 5.41) is 22.7. The van der Waals surface area contributed by atoms with Gasteiger partial charge in [-0.2, -0.15) is 0 Å². The van der Waals surface area contributed by atoms with Crippen molar-refractivity contribution in [1.29, 1.82) is 0 Å². The number of benzene rings is 5. The van der Waals surface area contributed by atoms with Crippen molar-refractivity contribution in [3.63, 3.8) is 0 Å². The zero-order valence-corrected chi connectivity index (χ0v) is 34.4. The monoisotopic (exact) mass is 840 g/mol. The van der Waals surface area contributed by atoms with Crippen molar-refractivity contribution in [3.05, 3.63) is 169 Å². The topological polar surface area (TPSA) is 181 Å². The number of anilines is 1. The number of hydrogen-bond donors (Lipinski definition) is 5. The van der Waals surface area contributed by atoms with Crippen molar-refractivity contribution < 1.29 is 43.3 Å². The van der Waals surface area contributed by atoms with Gasteiger partial charge < -0.3 is 40.6 Å². The number of aliphatic hydroxyl groups excluding tert-OH is 1. The summed E-state index contributed by atoms with van der Waals surface area (Å²) in [4.78, 5) is 66.9. The third-order valence-electron chi connectivity index (χ3n) is 9.73. The van der Waals surface area contributed by atoms with Crippen LogP contribution in [0.2, 0.25) is 0 Å². The molecule has 0 aromatic heterocycles. The quantitative estimate of drug-likeness (QED) is 0.0360. The summed E-state index contributed by atoms with van der Waals surface area (Å²) in [6.45, 7) is 6.81. The SMILES string of the molecule is C=CCC(CC(=O)NC(CO)Cc1ccc(OCc2ccccc2)cc1)C(=O)NC(COC(=O)C(CC=C)NC(=O)OCc1ccccc1)C(=O)Nc1ccc2ccccc2c1. The van der Waals surface area contributed by atoms with Gasteiger partial charge in [0.2, 0.25) is 11.8 Å². The van der Waals surface area contributed by atoms with Crippen molar-refractivity contribution in [1.82, 2.24) is 16.0 Å². The second-order valence-corrected chi connectivity index (χ2v) is 14.5. The zero-order valence-electron chi connectivity index (χ0n) is 34.4. The Hall–Kier alpha value is -7.25. The minimum Gasteiger partial charge on any atom is -0.489 e. The first-order chi connectivity index (χ1) is 30.1. The molecule has 4 unspecified atom stereocenters. The van der Waals surface area contributed by atoms with E-state index < -0.39 is 60.4 Å². The molecule has 5 aromatic rings. The number of fused-ring (bicyclic) bond motifs is 1. The van der Waals surface area contributed by atoms with E-state index in [0.717, 1.165) is 27.5 Å². The second kappa shape index (κ2) is 24.1. The minimum absolute atomic E-state index is 0.0145.